The predicted octanol–water partition coefficient (Wildman–Crippen LogP) is 1.77. The number of nitrogens with one attached hydrogen (secondary N) is 1. The van der Waals surface area contributed by atoms with Crippen LogP contribution in [0.1, 0.15) is 11.1 Å². The standard InChI is InChI=1S/C16H18F6N4O2/c17-15(18,19)10-7-11(16(20,21)22)9-12(8-10)24-13(27)14(28)26-5-3-25(2-1-23)4-6-26/h7-9H,1-6,23H2,(H,24,27). The van der Waals surface area contributed by atoms with Gasteiger partial charge >= 0.3 is 24.2 Å². The lowest BCUT2D eigenvalue weighted by atomic mass is 10.1. The Morgan fingerprint density at radius 1 is 0.929 bits per heavy atom. The second-order valence-corrected chi connectivity index (χ2v) is 6.17. The van der Waals surface area contributed by atoms with Crippen LogP contribution in [-0.4, -0.2) is 60.9 Å². The molecule has 1 heterocycles. The molecular formula is C16H18F6N4O2. The largest absolute Gasteiger partial charge is 0.416 e. The average molecular weight is 412 g/mol. The van der Waals surface area contributed by atoms with Crippen molar-refractivity contribution in [1.29, 1.82) is 0 Å². The fourth-order valence-electron chi connectivity index (χ4n) is 2.71. The van der Waals surface area contributed by atoms with Crippen LogP contribution >= 0.6 is 0 Å². The normalized spacial score (nSPS) is 16.2. The minimum atomic E-state index is -5.05. The fourth-order valence-corrected chi connectivity index (χ4v) is 2.71. The summed E-state index contributed by atoms with van der Waals surface area (Å²) in [7, 11) is 0. The number of alkyl halides is 6. The number of hydrogen-bond acceptors (Lipinski definition) is 4. The first kappa shape index (κ1) is 22.0. The summed E-state index contributed by atoms with van der Waals surface area (Å²) in [6.07, 6.45) is -10.1. The maximum Gasteiger partial charge on any atom is 0.416 e. The Labute approximate surface area is 156 Å². The van der Waals surface area contributed by atoms with Crippen LogP contribution in [0, 0.1) is 0 Å². The van der Waals surface area contributed by atoms with Crippen molar-refractivity contribution < 1.29 is 35.9 Å². The number of nitrogens with zero attached hydrogens (tertiary/aromatic N) is 2. The van der Waals surface area contributed by atoms with Crippen LogP contribution in [0.5, 0.6) is 0 Å². The quantitative estimate of drug-likeness (QED) is 0.586. The molecule has 1 fully saturated rings. The van der Waals surface area contributed by atoms with Crippen molar-refractivity contribution in [2.24, 2.45) is 5.73 Å². The molecule has 0 saturated carbocycles. The molecule has 1 aliphatic heterocycles. The molecule has 0 atom stereocenters. The van der Waals surface area contributed by atoms with Crippen molar-refractivity contribution in [2.45, 2.75) is 12.4 Å². The zero-order chi connectivity index (χ0) is 21.1. The monoisotopic (exact) mass is 412 g/mol. The molecule has 0 aromatic heterocycles. The maximum absolute atomic E-state index is 12.9. The number of nitrogens with two attached hydrogens (primary N) is 1. The molecule has 12 heteroatoms. The minimum Gasteiger partial charge on any atom is -0.332 e. The molecule has 1 saturated heterocycles. The Morgan fingerprint density at radius 3 is 1.86 bits per heavy atom. The molecule has 28 heavy (non-hydrogen) atoms. The van der Waals surface area contributed by atoms with E-state index in [2.05, 4.69) is 0 Å². The van der Waals surface area contributed by atoms with Gasteiger partial charge in [-0.05, 0) is 18.2 Å². The van der Waals surface area contributed by atoms with E-state index < -0.39 is 41.0 Å². The summed E-state index contributed by atoms with van der Waals surface area (Å²) < 4.78 is 77.1. The summed E-state index contributed by atoms with van der Waals surface area (Å²) in [6, 6.07) is 0.632. The Hall–Kier alpha value is -2.34. The Bertz CT molecular complexity index is 695. The van der Waals surface area contributed by atoms with Gasteiger partial charge in [-0.2, -0.15) is 26.3 Å². The van der Waals surface area contributed by atoms with Crippen molar-refractivity contribution in [2.75, 3.05) is 44.6 Å². The van der Waals surface area contributed by atoms with Gasteiger partial charge in [0.25, 0.3) is 0 Å². The third-order valence-electron chi connectivity index (χ3n) is 4.14. The van der Waals surface area contributed by atoms with E-state index in [1.165, 1.54) is 4.90 Å². The molecule has 1 aliphatic rings. The lowest BCUT2D eigenvalue weighted by Crippen LogP contribution is -2.52. The molecule has 2 amide bonds. The molecule has 156 valence electrons. The Balaban J connectivity index is 2.13. The van der Waals surface area contributed by atoms with Gasteiger partial charge in [0, 0.05) is 45.0 Å². The van der Waals surface area contributed by atoms with Crippen LogP contribution in [0.2, 0.25) is 0 Å². The van der Waals surface area contributed by atoms with E-state index in [4.69, 9.17) is 5.73 Å². The number of benzene rings is 1. The number of amides is 2. The minimum absolute atomic E-state index is 0.0614. The number of carbonyl (C=O) groups is 2. The molecule has 2 rings (SSSR count). The molecule has 1 aromatic rings. The molecule has 6 nitrogen and oxygen atoms in total. The molecule has 0 spiro atoms. The van der Waals surface area contributed by atoms with E-state index in [1.807, 2.05) is 10.2 Å². The van der Waals surface area contributed by atoms with Gasteiger partial charge in [0.1, 0.15) is 0 Å². The Kier molecular flexibility index (Phi) is 6.55. The first-order chi connectivity index (χ1) is 12.9. The third-order valence-corrected chi connectivity index (χ3v) is 4.14. The molecule has 1 aromatic carbocycles. The summed E-state index contributed by atoms with van der Waals surface area (Å²) in [4.78, 5) is 27.3. The zero-order valence-corrected chi connectivity index (χ0v) is 14.5. The van der Waals surface area contributed by atoms with Crippen LogP contribution in [-0.2, 0) is 21.9 Å². The highest BCUT2D eigenvalue weighted by Crippen LogP contribution is 2.37. The van der Waals surface area contributed by atoms with E-state index in [9.17, 15) is 35.9 Å². The van der Waals surface area contributed by atoms with Gasteiger partial charge in [-0.3, -0.25) is 14.5 Å². The van der Waals surface area contributed by atoms with Gasteiger partial charge in [0.15, 0.2) is 0 Å². The number of halogens is 6. The lowest BCUT2D eigenvalue weighted by molar-refractivity contribution is -0.144. The molecule has 0 unspecified atom stereocenters. The van der Waals surface area contributed by atoms with Gasteiger partial charge in [-0.25, -0.2) is 0 Å². The van der Waals surface area contributed by atoms with Crippen LogP contribution in [0.25, 0.3) is 0 Å². The van der Waals surface area contributed by atoms with Crippen molar-refractivity contribution in [3.8, 4) is 0 Å². The van der Waals surface area contributed by atoms with Gasteiger partial charge in [0.2, 0.25) is 0 Å². The fraction of sp³-hybridized carbons (Fsp3) is 0.500. The molecule has 0 aliphatic carbocycles. The number of rotatable bonds is 3. The van der Waals surface area contributed by atoms with Crippen LogP contribution in [0.15, 0.2) is 18.2 Å². The second-order valence-electron chi connectivity index (χ2n) is 6.17. The highest BCUT2D eigenvalue weighted by atomic mass is 19.4. The summed E-state index contributed by atoms with van der Waals surface area (Å²) in [5, 5.41) is 1.84. The van der Waals surface area contributed by atoms with Gasteiger partial charge in [-0.15, -0.1) is 0 Å². The van der Waals surface area contributed by atoms with E-state index >= 15 is 0 Å². The maximum atomic E-state index is 12.9. The van der Waals surface area contributed by atoms with Crippen molar-refractivity contribution in [3.05, 3.63) is 29.3 Å². The molecule has 0 radical (unpaired) electrons. The van der Waals surface area contributed by atoms with Gasteiger partial charge < -0.3 is 16.0 Å². The lowest BCUT2D eigenvalue weighted by Gasteiger charge is -2.34. The topological polar surface area (TPSA) is 78.7 Å². The average Bonchev–Trinajstić information content (AvgIpc) is 2.60. The first-order valence-electron chi connectivity index (χ1n) is 8.24. The van der Waals surface area contributed by atoms with Crippen LogP contribution in [0.4, 0.5) is 32.0 Å². The van der Waals surface area contributed by atoms with E-state index in [1.54, 1.807) is 0 Å². The number of carbonyl (C=O) groups excluding carboxylic acids is 2. The van der Waals surface area contributed by atoms with Gasteiger partial charge in [-0.1, -0.05) is 0 Å². The van der Waals surface area contributed by atoms with E-state index in [0.717, 1.165) is 0 Å². The Morgan fingerprint density at radius 2 is 1.43 bits per heavy atom. The highest BCUT2D eigenvalue weighted by molar-refractivity contribution is 6.39. The zero-order valence-electron chi connectivity index (χ0n) is 14.5. The van der Waals surface area contributed by atoms with Gasteiger partial charge in [0.05, 0.1) is 11.1 Å². The third kappa shape index (κ3) is 5.58. The van der Waals surface area contributed by atoms with Crippen molar-refractivity contribution >= 4 is 17.5 Å². The number of piperazine rings is 1. The predicted molar refractivity (Wildman–Crippen MR) is 87.2 cm³/mol. The SMILES string of the molecule is NCCN1CCN(C(=O)C(=O)Nc2cc(C(F)(F)F)cc(C(F)(F)F)c2)CC1. The smallest absolute Gasteiger partial charge is 0.332 e. The van der Waals surface area contributed by atoms with Crippen molar-refractivity contribution in [3.63, 3.8) is 0 Å². The van der Waals surface area contributed by atoms with Crippen LogP contribution < -0.4 is 11.1 Å². The number of anilines is 1. The molecule has 0 bridgehead atoms. The second kappa shape index (κ2) is 8.35. The molecule has 3 N–H and O–H groups in total. The first-order valence-corrected chi connectivity index (χ1v) is 8.24. The summed E-state index contributed by atoms with van der Waals surface area (Å²) in [5.41, 5.74) is 1.50. The van der Waals surface area contributed by atoms with Crippen molar-refractivity contribution in [1.82, 2.24) is 9.80 Å². The number of hydrogen-bond donors (Lipinski definition) is 2. The summed E-state index contributed by atoms with van der Waals surface area (Å²) in [6.45, 7) is 2.34. The summed E-state index contributed by atoms with van der Waals surface area (Å²) >= 11 is 0. The van der Waals surface area contributed by atoms with Crippen LogP contribution in [0.3, 0.4) is 0 Å². The highest BCUT2D eigenvalue weighted by Gasteiger charge is 2.37. The van der Waals surface area contributed by atoms with E-state index in [-0.39, 0.29) is 19.2 Å². The van der Waals surface area contributed by atoms with E-state index in [0.29, 0.717) is 38.3 Å². The summed E-state index contributed by atoms with van der Waals surface area (Å²) in [5.74, 6) is -2.34. The molecular weight excluding hydrogens is 394 g/mol.